The molecule has 4 nitrogen and oxygen atoms in total. The second-order valence-corrected chi connectivity index (χ2v) is 4.51. The van der Waals surface area contributed by atoms with Crippen molar-refractivity contribution in [2.45, 2.75) is 32.4 Å². The molecule has 1 aromatic rings. The Morgan fingerprint density at radius 2 is 2.31 bits per heavy atom. The maximum atomic E-state index is 9.46. The first-order valence-electron chi connectivity index (χ1n) is 5.55. The summed E-state index contributed by atoms with van der Waals surface area (Å²) < 4.78 is 0. The van der Waals surface area contributed by atoms with Crippen molar-refractivity contribution in [3.63, 3.8) is 0 Å². The lowest BCUT2D eigenvalue weighted by molar-refractivity contribution is 0.122. The van der Waals surface area contributed by atoms with Crippen LogP contribution in [0.2, 0.25) is 0 Å². The average molecular weight is 222 g/mol. The largest absolute Gasteiger partial charge is 0.508 e. The van der Waals surface area contributed by atoms with E-state index < -0.39 is 0 Å². The molecule has 3 N–H and O–H groups in total. The lowest BCUT2D eigenvalue weighted by Crippen LogP contribution is -2.41. The number of phenolic OH excluding ortho intramolecular Hbond substituents is 1. The summed E-state index contributed by atoms with van der Waals surface area (Å²) in [5.41, 5.74) is 2.34. The van der Waals surface area contributed by atoms with Gasteiger partial charge in [-0.05, 0) is 44.0 Å². The summed E-state index contributed by atoms with van der Waals surface area (Å²) in [6, 6.07) is 6.16. The predicted octanol–water partition coefficient (Wildman–Crippen LogP) is 1.42. The van der Waals surface area contributed by atoms with Gasteiger partial charge in [0, 0.05) is 11.7 Å². The molecule has 0 saturated heterocycles. The number of fused-ring (bicyclic) bond motifs is 1. The van der Waals surface area contributed by atoms with Gasteiger partial charge in [0.1, 0.15) is 5.75 Å². The van der Waals surface area contributed by atoms with Crippen LogP contribution in [0.3, 0.4) is 0 Å². The molecule has 0 spiro atoms. The summed E-state index contributed by atoms with van der Waals surface area (Å²) in [5, 5.41) is 9.46. The van der Waals surface area contributed by atoms with Gasteiger partial charge in [-0.15, -0.1) is 0 Å². The summed E-state index contributed by atoms with van der Waals surface area (Å²) in [4.78, 5) is 7.06. The molecule has 0 aromatic heterocycles. The van der Waals surface area contributed by atoms with E-state index in [2.05, 4.69) is 18.7 Å². The molecule has 1 aliphatic heterocycles. The van der Waals surface area contributed by atoms with Crippen LogP contribution in [0.25, 0.3) is 0 Å². The van der Waals surface area contributed by atoms with Gasteiger partial charge >= 0.3 is 0 Å². The zero-order chi connectivity index (χ0) is 11.7. The molecule has 0 saturated carbocycles. The number of hydrogen-bond acceptors (Lipinski definition) is 4. The molecular formula is C12H18N2O2. The Morgan fingerprint density at radius 3 is 2.94 bits per heavy atom. The molecule has 0 fully saturated rings. The van der Waals surface area contributed by atoms with Gasteiger partial charge in [-0.2, -0.15) is 0 Å². The first kappa shape index (κ1) is 11.2. The Bertz CT molecular complexity index is 379. The highest BCUT2D eigenvalue weighted by molar-refractivity contribution is 5.62. The van der Waals surface area contributed by atoms with Crippen LogP contribution in [0, 0.1) is 0 Å². The topological polar surface area (TPSA) is 58.7 Å². The molecule has 0 amide bonds. The number of nitrogens with two attached hydrogens (primary N) is 1. The zero-order valence-corrected chi connectivity index (χ0v) is 9.68. The second-order valence-electron chi connectivity index (χ2n) is 4.51. The fourth-order valence-corrected chi connectivity index (χ4v) is 2.49. The van der Waals surface area contributed by atoms with Crippen molar-refractivity contribution in [1.29, 1.82) is 0 Å². The highest BCUT2D eigenvalue weighted by Gasteiger charge is 2.31. The molecule has 16 heavy (non-hydrogen) atoms. The number of anilines is 1. The summed E-state index contributed by atoms with van der Waals surface area (Å²) in [5.74, 6) is 5.48. The molecule has 0 radical (unpaired) electrons. The van der Waals surface area contributed by atoms with Crippen LogP contribution in [0.5, 0.6) is 5.75 Å². The van der Waals surface area contributed by atoms with Crippen molar-refractivity contribution in [3.05, 3.63) is 23.8 Å². The Kier molecular flexibility index (Phi) is 3.03. The van der Waals surface area contributed by atoms with Gasteiger partial charge in [-0.25, -0.2) is 5.90 Å². The SMILES string of the molecule is CC(C)N1c2ccc(O)cc2CC1CON. The lowest BCUT2D eigenvalue weighted by atomic mass is 10.1. The minimum atomic E-state index is 0.266. The fourth-order valence-electron chi connectivity index (χ4n) is 2.49. The Balaban J connectivity index is 2.33. The van der Waals surface area contributed by atoms with Crippen LogP contribution >= 0.6 is 0 Å². The minimum Gasteiger partial charge on any atom is -0.508 e. The summed E-state index contributed by atoms with van der Waals surface area (Å²) in [6.45, 7) is 4.80. The van der Waals surface area contributed by atoms with Crippen LogP contribution in [0.1, 0.15) is 19.4 Å². The first-order valence-corrected chi connectivity index (χ1v) is 5.55. The molecule has 0 bridgehead atoms. The van der Waals surface area contributed by atoms with Crippen molar-refractivity contribution in [3.8, 4) is 5.75 Å². The number of aromatic hydroxyl groups is 1. The van der Waals surface area contributed by atoms with E-state index in [0.29, 0.717) is 18.4 Å². The quantitative estimate of drug-likeness (QED) is 0.759. The third-order valence-corrected chi connectivity index (χ3v) is 3.04. The average Bonchev–Trinajstić information content (AvgIpc) is 2.55. The van der Waals surface area contributed by atoms with Gasteiger partial charge < -0.3 is 14.8 Å². The summed E-state index contributed by atoms with van der Waals surface area (Å²) >= 11 is 0. The molecule has 1 heterocycles. The molecule has 1 unspecified atom stereocenters. The lowest BCUT2D eigenvalue weighted by Gasteiger charge is -2.30. The Labute approximate surface area is 95.6 Å². The number of phenols is 1. The van der Waals surface area contributed by atoms with Gasteiger partial charge in [-0.1, -0.05) is 0 Å². The summed E-state index contributed by atoms with van der Waals surface area (Å²) in [7, 11) is 0. The van der Waals surface area contributed by atoms with Crippen LogP contribution in [-0.4, -0.2) is 23.8 Å². The van der Waals surface area contributed by atoms with Gasteiger partial charge in [0.2, 0.25) is 0 Å². The monoisotopic (exact) mass is 222 g/mol. The number of rotatable bonds is 3. The van der Waals surface area contributed by atoms with Crippen molar-refractivity contribution >= 4 is 5.69 Å². The standard InChI is InChI=1S/C12H18N2O2/c1-8(2)14-10(7-16-13)5-9-6-11(15)3-4-12(9)14/h3-4,6,8,10,15H,5,7,13H2,1-2H3. The van der Waals surface area contributed by atoms with Crippen molar-refractivity contribution in [2.75, 3.05) is 11.5 Å². The molecule has 1 aliphatic rings. The number of nitrogens with zero attached hydrogens (tertiary/aromatic N) is 1. The fraction of sp³-hybridized carbons (Fsp3) is 0.500. The minimum absolute atomic E-state index is 0.266. The van der Waals surface area contributed by atoms with E-state index >= 15 is 0 Å². The molecular weight excluding hydrogens is 204 g/mol. The maximum Gasteiger partial charge on any atom is 0.116 e. The number of benzene rings is 1. The van der Waals surface area contributed by atoms with E-state index in [0.717, 1.165) is 12.0 Å². The van der Waals surface area contributed by atoms with Crippen LogP contribution < -0.4 is 10.8 Å². The van der Waals surface area contributed by atoms with E-state index in [1.165, 1.54) is 5.69 Å². The van der Waals surface area contributed by atoms with Gasteiger partial charge in [0.05, 0.1) is 12.6 Å². The van der Waals surface area contributed by atoms with Crippen molar-refractivity contribution in [1.82, 2.24) is 0 Å². The number of hydrogen-bond donors (Lipinski definition) is 2. The van der Waals surface area contributed by atoms with Crippen LogP contribution in [0.15, 0.2) is 18.2 Å². The molecule has 1 aromatic carbocycles. The van der Waals surface area contributed by atoms with E-state index in [-0.39, 0.29) is 6.04 Å². The molecule has 4 heteroatoms. The highest BCUT2D eigenvalue weighted by atomic mass is 16.6. The zero-order valence-electron chi connectivity index (χ0n) is 9.68. The second kappa shape index (κ2) is 4.31. The first-order chi connectivity index (χ1) is 7.63. The third-order valence-electron chi connectivity index (χ3n) is 3.04. The Morgan fingerprint density at radius 1 is 1.56 bits per heavy atom. The van der Waals surface area contributed by atoms with E-state index in [4.69, 9.17) is 10.7 Å². The maximum absolute atomic E-state index is 9.46. The molecule has 88 valence electrons. The summed E-state index contributed by atoms with van der Waals surface area (Å²) in [6.07, 6.45) is 0.874. The van der Waals surface area contributed by atoms with Crippen molar-refractivity contribution < 1.29 is 9.94 Å². The highest BCUT2D eigenvalue weighted by Crippen LogP contribution is 2.35. The third kappa shape index (κ3) is 1.86. The normalized spacial score (nSPS) is 19.2. The molecule has 0 aliphatic carbocycles. The van der Waals surface area contributed by atoms with Gasteiger partial charge in [0.25, 0.3) is 0 Å². The molecule has 2 rings (SSSR count). The smallest absolute Gasteiger partial charge is 0.116 e. The Hall–Kier alpha value is -1.26. The predicted molar refractivity (Wildman–Crippen MR) is 63.4 cm³/mol. The molecule has 1 atom stereocenters. The van der Waals surface area contributed by atoms with E-state index in [1.807, 2.05) is 12.1 Å². The van der Waals surface area contributed by atoms with E-state index in [9.17, 15) is 5.11 Å². The van der Waals surface area contributed by atoms with Crippen molar-refractivity contribution in [2.24, 2.45) is 5.90 Å². The van der Waals surface area contributed by atoms with Gasteiger partial charge in [0.15, 0.2) is 0 Å². The van der Waals surface area contributed by atoms with Crippen LogP contribution in [0.4, 0.5) is 5.69 Å². The van der Waals surface area contributed by atoms with Crippen LogP contribution in [-0.2, 0) is 11.3 Å². The van der Waals surface area contributed by atoms with E-state index in [1.54, 1.807) is 6.07 Å². The van der Waals surface area contributed by atoms with Gasteiger partial charge in [-0.3, -0.25) is 0 Å².